The molecule has 5 nitrogen and oxygen atoms in total. The van der Waals surface area contributed by atoms with Gasteiger partial charge in [0.15, 0.2) is 0 Å². The molecule has 8 heteroatoms. The van der Waals surface area contributed by atoms with E-state index in [1.54, 1.807) is 12.1 Å². The number of nitrogens with zero attached hydrogens (tertiary/aromatic N) is 1. The maximum Gasteiger partial charge on any atom is 0.249 e. The Hall–Kier alpha value is -1.89. The normalized spacial score (nSPS) is 10.6. The van der Waals surface area contributed by atoms with Gasteiger partial charge in [0.1, 0.15) is 6.42 Å². The first-order chi connectivity index (χ1) is 10.5. The summed E-state index contributed by atoms with van der Waals surface area (Å²) < 4.78 is 0. The van der Waals surface area contributed by atoms with E-state index >= 15 is 0 Å². The predicted octanol–water partition coefficient (Wildman–Crippen LogP) is 3.53. The highest BCUT2D eigenvalue weighted by Crippen LogP contribution is 2.24. The second-order valence-corrected chi connectivity index (χ2v) is 5.96. The van der Waals surface area contributed by atoms with Crippen LogP contribution < -0.4 is 10.7 Å². The number of thiophene rings is 1. The average Bonchev–Trinajstić information content (AvgIpc) is 2.96. The minimum absolute atomic E-state index is 0.324. The third-order valence-electron chi connectivity index (χ3n) is 2.45. The molecule has 0 aliphatic rings. The lowest BCUT2D eigenvalue weighted by molar-refractivity contribution is -0.126. The van der Waals surface area contributed by atoms with Gasteiger partial charge in [-0.15, -0.1) is 11.3 Å². The van der Waals surface area contributed by atoms with Crippen LogP contribution in [0, 0.1) is 0 Å². The molecule has 0 aliphatic carbocycles. The lowest BCUT2D eigenvalue weighted by Crippen LogP contribution is -2.24. The van der Waals surface area contributed by atoms with Crippen molar-refractivity contribution >= 4 is 58.3 Å². The molecule has 2 aromatic rings. The van der Waals surface area contributed by atoms with Crippen LogP contribution in [0.5, 0.6) is 0 Å². The van der Waals surface area contributed by atoms with Gasteiger partial charge in [-0.25, -0.2) is 5.43 Å². The fourth-order valence-corrected chi connectivity index (χ4v) is 2.38. The molecule has 1 aromatic heterocycles. The second-order valence-electron chi connectivity index (χ2n) is 4.16. The van der Waals surface area contributed by atoms with Crippen LogP contribution in [0.2, 0.25) is 10.0 Å². The number of hydrogen-bond acceptors (Lipinski definition) is 4. The zero-order chi connectivity index (χ0) is 15.9. The van der Waals surface area contributed by atoms with Gasteiger partial charge in [-0.1, -0.05) is 29.3 Å². The number of carbonyl (C=O) groups excluding carboxylic acids is 2. The standard InChI is InChI=1S/C14H11Cl2N3O2S/c15-11-4-3-9(6-12(11)16)18-13(20)7-14(21)19-17-8-10-2-1-5-22-10/h1-6,8H,7H2,(H,18,20)(H,19,21). The Morgan fingerprint density at radius 2 is 2.00 bits per heavy atom. The molecule has 2 amide bonds. The summed E-state index contributed by atoms with van der Waals surface area (Å²) in [5.41, 5.74) is 2.75. The predicted molar refractivity (Wildman–Crippen MR) is 89.8 cm³/mol. The first-order valence-electron chi connectivity index (χ1n) is 6.15. The maximum absolute atomic E-state index is 11.7. The van der Waals surface area contributed by atoms with Crippen LogP contribution in [0.15, 0.2) is 40.8 Å². The first kappa shape index (κ1) is 16.5. The van der Waals surface area contributed by atoms with E-state index in [-0.39, 0.29) is 6.42 Å². The van der Waals surface area contributed by atoms with Gasteiger partial charge < -0.3 is 5.32 Å². The van der Waals surface area contributed by atoms with Crippen molar-refractivity contribution in [1.82, 2.24) is 5.43 Å². The Bertz CT molecular complexity index is 702. The molecule has 0 saturated carbocycles. The Morgan fingerprint density at radius 1 is 1.18 bits per heavy atom. The van der Waals surface area contributed by atoms with E-state index in [0.717, 1.165) is 4.88 Å². The summed E-state index contributed by atoms with van der Waals surface area (Å²) in [6, 6.07) is 8.40. The lowest BCUT2D eigenvalue weighted by Gasteiger charge is -2.05. The molecular weight excluding hydrogens is 345 g/mol. The van der Waals surface area contributed by atoms with Crippen LogP contribution in [0.25, 0.3) is 0 Å². The summed E-state index contributed by atoms with van der Waals surface area (Å²) in [5, 5.41) is 8.93. The molecule has 0 fully saturated rings. The Labute approximate surface area is 140 Å². The first-order valence-corrected chi connectivity index (χ1v) is 7.78. The number of hydrazone groups is 1. The molecule has 0 radical (unpaired) electrons. The zero-order valence-corrected chi connectivity index (χ0v) is 13.5. The minimum Gasteiger partial charge on any atom is -0.326 e. The molecule has 0 saturated heterocycles. The number of hydrogen-bond donors (Lipinski definition) is 2. The Kier molecular flexibility index (Phi) is 5.94. The van der Waals surface area contributed by atoms with Crippen molar-refractivity contribution in [2.24, 2.45) is 5.10 Å². The summed E-state index contributed by atoms with van der Waals surface area (Å²) in [7, 11) is 0. The highest BCUT2D eigenvalue weighted by Gasteiger charge is 2.09. The van der Waals surface area contributed by atoms with Crippen molar-refractivity contribution in [2.45, 2.75) is 6.42 Å². The van der Waals surface area contributed by atoms with Gasteiger partial charge in [0.25, 0.3) is 0 Å². The smallest absolute Gasteiger partial charge is 0.249 e. The van der Waals surface area contributed by atoms with Gasteiger partial charge in [0, 0.05) is 10.6 Å². The molecule has 0 spiro atoms. The Balaban J connectivity index is 1.81. The van der Waals surface area contributed by atoms with Gasteiger partial charge in [-0.05, 0) is 29.6 Å². The van der Waals surface area contributed by atoms with Crippen LogP contribution >= 0.6 is 34.5 Å². The quantitative estimate of drug-likeness (QED) is 0.489. The topological polar surface area (TPSA) is 70.6 Å². The monoisotopic (exact) mass is 355 g/mol. The number of amides is 2. The van der Waals surface area contributed by atoms with E-state index in [0.29, 0.717) is 15.7 Å². The van der Waals surface area contributed by atoms with Crippen LogP contribution in [0.3, 0.4) is 0 Å². The number of nitrogens with one attached hydrogen (secondary N) is 2. The van der Waals surface area contributed by atoms with Gasteiger partial charge >= 0.3 is 0 Å². The van der Waals surface area contributed by atoms with Crippen molar-refractivity contribution in [1.29, 1.82) is 0 Å². The molecule has 114 valence electrons. The van der Waals surface area contributed by atoms with Crippen molar-refractivity contribution in [2.75, 3.05) is 5.32 Å². The number of benzene rings is 1. The number of carbonyl (C=O) groups is 2. The molecular formula is C14H11Cl2N3O2S. The van der Waals surface area contributed by atoms with Gasteiger partial charge in [0.05, 0.1) is 16.3 Å². The molecule has 2 rings (SSSR count). The largest absolute Gasteiger partial charge is 0.326 e. The van der Waals surface area contributed by atoms with Crippen molar-refractivity contribution < 1.29 is 9.59 Å². The van der Waals surface area contributed by atoms with E-state index < -0.39 is 11.8 Å². The molecule has 1 heterocycles. The summed E-state index contributed by atoms with van der Waals surface area (Å²) >= 11 is 13.1. The second kappa shape index (κ2) is 7.93. The molecule has 22 heavy (non-hydrogen) atoms. The van der Waals surface area contributed by atoms with E-state index in [1.165, 1.54) is 23.6 Å². The fourth-order valence-electron chi connectivity index (χ4n) is 1.50. The van der Waals surface area contributed by atoms with Gasteiger partial charge in [0.2, 0.25) is 11.8 Å². The minimum atomic E-state index is -0.509. The number of halogens is 2. The van der Waals surface area contributed by atoms with Crippen molar-refractivity contribution in [3.63, 3.8) is 0 Å². The van der Waals surface area contributed by atoms with Crippen LogP contribution in [0.4, 0.5) is 5.69 Å². The number of rotatable bonds is 5. The molecule has 1 aromatic carbocycles. The fraction of sp³-hybridized carbons (Fsp3) is 0.0714. The zero-order valence-electron chi connectivity index (χ0n) is 11.2. The van der Waals surface area contributed by atoms with Gasteiger partial charge in [-0.2, -0.15) is 5.10 Å². The third-order valence-corrected chi connectivity index (χ3v) is 3.99. The van der Waals surface area contributed by atoms with E-state index in [4.69, 9.17) is 23.2 Å². The summed E-state index contributed by atoms with van der Waals surface area (Å²) in [6.45, 7) is 0. The van der Waals surface area contributed by atoms with E-state index in [9.17, 15) is 9.59 Å². The highest BCUT2D eigenvalue weighted by molar-refractivity contribution is 7.11. The SMILES string of the molecule is O=C(CC(=O)Nc1ccc(Cl)c(Cl)c1)NN=Cc1cccs1. The summed E-state index contributed by atoms with van der Waals surface area (Å²) in [5.74, 6) is -0.979. The van der Waals surface area contributed by atoms with E-state index in [1.807, 2.05) is 17.5 Å². The maximum atomic E-state index is 11.7. The average molecular weight is 356 g/mol. The molecule has 0 unspecified atom stereocenters. The van der Waals surface area contributed by atoms with Crippen LogP contribution in [-0.2, 0) is 9.59 Å². The summed E-state index contributed by atoms with van der Waals surface area (Å²) in [4.78, 5) is 24.2. The molecule has 0 aliphatic heterocycles. The number of anilines is 1. The van der Waals surface area contributed by atoms with Crippen LogP contribution in [-0.4, -0.2) is 18.0 Å². The van der Waals surface area contributed by atoms with Gasteiger partial charge in [-0.3, -0.25) is 9.59 Å². The Morgan fingerprint density at radius 3 is 2.68 bits per heavy atom. The summed E-state index contributed by atoms with van der Waals surface area (Å²) in [6.07, 6.45) is 1.17. The highest BCUT2D eigenvalue weighted by atomic mass is 35.5. The van der Waals surface area contributed by atoms with Crippen LogP contribution in [0.1, 0.15) is 11.3 Å². The lowest BCUT2D eigenvalue weighted by atomic mass is 10.3. The molecule has 0 atom stereocenters. The third kappa shape index (κ3) is 5.14. The van der Waals surface area contributed by atoms with Crippen molar-refractivity contribution in [3.8, 4) is 0 Å². The van der Waals surface area contributed by atoms with Crippen molar-refractivity contribution in [3.05, 3.63) is 50.6 Å². The molecule has 2 N–H and O–H groups in total. The molecule has 0 bridgehead atoms. The van der Waals surface area contributed by atoms with E-state index in [2.05, 4.69) is 15.8 Å².